The van der Waals surface area contributed by atoms with E-state index >= 15 is 0 Å². The van der Waals surface area contributed by atoms with E-state index in [0.717, 1.165) is 0 Å². The summed E-state index contributed by atoms with van der Waals surface area (Å²) in [6.07, 6.45) is -1.94. The van der Waals surface area contributed by atoms with Crippen LogP contribution in [0.5, 0.6) is 11.6 Å². The number of H-pyrrole nitrogens is 1. The Morgan fingerprint density at radius 2 is 1.76 bits per heavy atom. The largest absolute Gasteiger partial charge is 0.543 e. The van der Waals surface area contributed by atoms with Crippen LogP contribution in [0.4, 0.5) is 13.2 Å². The van der Waals surface area contributed by atoms with Crippen LogP contribution in [-0.2, 0) is 4.84 Å². The number of fused-ring (bicyclic) bond motifs is 2. The number of hydrogen-bond acceptors (Lipinski definition) is 5. The Labute approximate surface area is 190 Å². The Kier molecular flexibility index (Phi) is 5.34. The molecule has 2 aromatic heterocycles. The van der Waals surface area contributed by atoms with E-state index in [1.807, 2.05) is 0 Å². The number of rotatable bonds is 5. The van der Waals surface area contributed by atoms with Crippen molar-refractivity contribution in [2.45, 2.75) is 6.36 Å². The first kappa shape index (κ1) is 21.4. The number of benzene rings is 3. The molecular weight excluding hydrogens is 449 g/mol. The fourth-order valence-corrected chi connectivity index (χ4v) is 3.67. The van der Waals surface area contributed by atoms with Gasteiger partial charge in [-0.3, -0.25) is 4.79 Å². The van der Waals surface area contributed by atoms with Crippen LogP contribution in [0.1, 0.15) is 10.4 Å². The van der Waals surface area contributed by atoms with E-state index in [-0.39, 0.29) is 5.56 Å². The normalized spacial score (nSPS) is 11.6. The number of aromatic amines is 1. The van der Waals surface area contributed by atoms with Crippen LogP contribution < -0.4 is 10.2 Å². The maximum absolute atomic E-state index is 12.8. The van der Waals surface area contributed by atoms with Crippen molar-refractivity contribution in [3.63, 3.8) is 0 Å². The highest BCUT2D eigenvalue weighted by Crippen LogP contribution is 2.34. The molecule has 34 heavy (non-hydrogen) atoms. The minimum atomic E-state index is -5.02. The number of halogens is 3. The van der Waals surface area contributed by atoms with Gasteiger partial charge in [0, 0.05) is 6.20 Å². The zero-order valence-electron chi connectivity index (χ0n) is 17.3. The molecule has 10 heteroatoms. The molecule has 0 fully saturated rings. The average molecular weight is 464 g/mol. The highest BCUT2D eigenvalue weighted by Gasteiger charge is 2.32. The molecule has 0 spiro atoms. The summed E-state index contributed by atoms with van der Waals surface area (Å²) < 4.78 is 43.6. The van der Waals surface area contributed by atoms with Gasteiger partial charge in [-0.2, -0.15) is 4.84 Å². The molecule has 5 rings (SSSR count). The lowest BCUT2D eigenvalue weighted by Crippen LogP contribution is -2.31. The highest BCUT2D eigenvalue weighted by atomic mass is 19.4. The van der Waals surface area contributed by atoms with Crippen LogP contribution in [-0.4, -0.2) is 27.2 Å². The van der Waals surface area contributed by atoms with Gasteiger partial charge in [0.25, 0.3) is 5.91 Å². The smallest absolute Gasteiger partial charge is 0.438 e. The van der Waals surface area contributed by atoms with Crippen molar-refractivity contribution in [2.24, 2.45) is 0 Å². The predicted octanol–water partition coefficient (Wildman–Crippen LogP) is 5.75. The Balaban J connectivity index is 1.58. The number of hydroxylamine groups is 1. The molecule has 2 heterocycles. The third-order valence-corrected chi connectivity index (χ3v) is 5.09. The summed E-state index contributed by atoms with van der Waals surface area (Å²) >= 11 is 0. The van der Waals surface area contributed by atoms with Crippen LogP contribution in [0.3, 0.4) is 0 Å². The zero-order chi connectivity index (χ0) is 23.7. The summed E-state index contributed by atoms with van der Waals surface area (Å²) in [6, 6.07) is 19.0. The van der Waals surface area contributed by atoms with E-state index in [0.29, 0.717) is 44.6 Å². The summed E-state index contributed by atoms with van der Waals surface area (Å²) in [4.78, 5) is 27.6. The van der Waals surface area contributed by atoms with Gasteiger partial charge in [-0.05, 0) is 46.2 Å². The lowest BCUT2D eigenvalue weighted by atomic mass is 9.93. The molecule has 0 unspecified atom stereocenters. The maximum Gasteiger partial charge on any atom is 0.543 e. The second kappa shape index (κ2) is 8.49. The van der Waals surface area contributed by atoms with E-state index in [9.17, 15) is 18.0 Å². The van der Waals surface area contributed by atoms with Crippen molar-refractivity contribution in [3.05, 3.63) is 84.8 Å². The Bertz CT molecular complexity index is 1500. The van der Waals surface area contributed by atoms with Crippen molar-refractivity contribution < 1.29 is 27.5 Å². The van der Waals surface area contributed by atoms with Gasteiger partial charge >= 0.3 is 6.36 Å². The fraction of sp³-hybridized carbons (Fsp3) is 0.0417. The number of carbonyl (C=O) groups is 1. The Morgan fingerprint density at radius 1 is 0.941 bits per heavy atom. The van der Waals surface area contributed by atoms with Crippen molar-refractivity contribution in [3.8, 4) is 22.8 Å². The van der Waals surface area contributed by atoms with Gasteiger partial charge in [-0.15, -0.1) is 13.2 Å². The van der Waals surface area contributed by atoms with Crippen molar-refractivity contribution in [1.82, 2.24) is 20.4 Å². The first-order valence-corrected chi connectivity index (χ1v) is 10.0. The van der Waals surface area contributed by atoms with Crippen LogP contribution in [0, 0.1) is 0 Å². The first-order valence-electron chi connectivity index (χ1n) is 10.0. The minimum absolute atomic E-state index is 0.0366. The highest BCUT2D eigenvalue weighted by molar-refractivity contribution is 6.12. The molecule has 0 aliphatic rings. The monoisotopic (exact) mass is 464 g/mol. The van der Waals surface area contributed by atoms with E-state index in [1.165, 1.54) is 11.8 Å². The van der Waals surface area contributed by atoms with E-state index < -0.39 is 12.3 Å². The molecule has 0 saturated heterocycles. The number of amides is 1. The summed E-state index contributed by atoms with van der Waals surface area (Å²) in [5.74, 6) is -0.262. The molecule has 0 aliphatic heterocycles. The molecule has 0 radical (unpaired) electrons. The maximum atomic E-state index is 12.8. The van der Waals surface area contributed by atoms with E-state index in [1.54, 1.807) is 72.9 Å². The molecule has 7 nitrogen and oxygen atoms in total. The first-order chi connectivity index (χ1) is 16.4. The summed E-state index contributed by atoms with van der Waals surface area (Å²) in [5.41, 5.74) is 3.26. The van der Waals surface area contributed by atoms with Gasteiger partial charge in [-0.25, -0.2) is 15.4 Å². The number of carbonyl (C=O) groups excluding carboxylic acids is 1. The lowest BCUT2D eigenvalue weighted by molar-refractivity contribution is -0.343. The van der Waals surface area contributed by atoms with Gasteiger partial charge in [0.05, 0.1) is 10.9 Å². The summed E-state index contributed by atoms with van der Waals surface area (Å²) in [7, 11) is 0. The van der Waals surface area contributed by atoms with Crippen LogP contribution in [0.25, 0.3) is 32.9 Å². The summed E-state index contributed by atoms with van der Waals surface area (Å²) in [6.45, 7) is 0. The second-order valence-corrected chi connectivity index (χ2v) is 7.24. The van der Waals surface area contributed by atoms with Gasteiger partial charge in [0.2, 0.25) is 5.88 Å². The molecule has 0 saturated carbocycles. The molecule has 170 valence electrons. The van der Waals surface area contributed by atoms with E-state index in [4.69, 9.17) is 4.74 Å². The number of ether oxygens (including phenoxy) is 1. The van der Waals surface area contributed by atoms with Crippen molar-refractivity contribution in [1.29, 1.82) is 0 Å². The van der Waals surface area contributed by atoms with Crippen LogP contribution >= 0.6 is 0 Å². The molecule has 3 aromatic carbocycles. The molecule has 0 aliphatic carbocycles. The zero-order valence-corrected chi connectivity index (χ0v) is 17.3. The molecular formula is C24H15F3N4O3. The number of nitrogens with zero attached hydrogens (tertiary/aromatic N) is 2. The quantitative estimate of drug-likeness (QED) is 0.323. The summed E-state index contributed by atoms with van der Waals surface area (Å²) in [5, 5.41) is 1.69. The molecule has 0 atom stereocenters. The standard InChI is InChI=1S/C24H15F3N4O3/c25-24(26,27)34-31-22(32)20-17(14-4-2-1-3-5-14)8-6-15-12-16(7-9-18(15)20)33-23-19-10-11-28-21(19)29-13-30-23/h1-13H,(H,31,32)(H,28,29,30). The average Bonchev–Trinajstić information content (AvgIpc) is 3.32. The second-order valence-electron chi connectivity index (χ2n) is 7.24. The van der Waals surface area contributed by atoms with Gasteiger partial charge in [0.15, 0.2) is 0 Å². The van der Waals surface area contributed by atoms with Crippen molar-refractivity contribution >= 4 is 27.7 Å². The number of nitrogens with one attached hydrogen (secondary N) is 2. The fourth-order valence-electron chi connectivity index (χ4n) is 3.67. The Hall–Kier alpha value is -4.44. The van der Waals surface area contributed by atoms with Crippen LogP contribution in [0.2, 0.25) is 0 Å². The van der Waals surface area contributed by atoms with Gasteiger partial charge in [0.1, 0.15) is 17.7 Å². The molecule has 0 bridgehead atoms. The molecule has 1 amide bonds. The number of aromatic nitrogens is 3. The van der Waals surface area contributed by atoms with Crippen molar-refractivity contribution in [2.75, 3.05) is 0 Å². The van der Waals surface area contributed by atoms with Gasteiger partial charge < -0.3 is 9.72 Å². The third kappa shape index (κ3) is 4.26. The molecule has 5 aromatic rings. The number of hydrogen-bond donors (Lipinski definition) is 2. The minimum Gasteiger partial charge on any atom is -0.438 e. The van der Waals surface area contributed by atoms with Gasteiger partial charge in [-0.1, -0.05) is 42.5 Å². The molecule has 2 N–H and O–H groups in total. The van der Waals surface area contributed by atoms with E-state index in [2.05, 4.69) is 19.8 Å². The van der Waals surface area contributed by atoms with Crippen LogP contribution in [0.15, 0.2) is 79.3 Å². The predicted molar refractivity (Wildman–Crippen MR) is 118 cm³/mol. The third-order valence-electron chi connectivity index (χ3n) is 5.09. The Morgan fingerprint density at radius 3 is 2.56 bits per heavy atom. The topological polar surface area (TPSA) is 89.1 Å². The lowest BCUT2D eigenvalue weighted by Gasteiger charge is -2.15. The SMILES string of the molecule is O=C(NOC(F)(F)F)c1c(-c2ccccc2)ccc2cc(Oc3ncnc4[nH]ccc34)ccc12. The number of alkyl halides is 3.